The third kappa shape index (κ3) is 3.06. The van der Waals surface area contributed by atoms with Crippen molar-refractivity contribution in [2.75, 3.05) is 14.2 Å². The predicted octanol–water partition coefficient (Wildman–Crippen LogP) is 4.66. The number of aryl methyl sites for hydroxylation is 1. The molecule has 4 heteroatoms. The zero-order chi connectivity index (χ0) is 19.2. The number of fused-ring (bicyclic) bond motifs is 5. The third-order valence-corrected chi connectivity index (χ3v) is 8.00. The van der Waals surface area contributed by atoms with Gasteiger partial charge >= 0.3 is 5.97 Å². The number of carboxylic acid groups (broad SMARTS) is 1. The minimum Gasteiger partial charge on any atom is -0.497 e. The highest BCUT2D eigenvalue weighted by Gasteiger charge is 2.58. The number of rotatable bonds is 5. The molecule has 3 aliphatic carbocycles. The maximum atomic E-state index is 11.2. The summed E-state index contributed by atoms with van der Waals surface area (Å²) in [5, 5.41) is 9.23. The van der Waals surface area contributed by atoms with E-state index >= 15 is 0 Å². The maximum absolute atomic E-state index is 11.2. The van der Waals surface area contributed by atoms with Crippen LogP contribution in [-0.4, -0.2) is 31.4 Å². The maximum Gasteiger partial charge on any atom is 0.303 e. The van der Waals surface area contributed by atoms with Gasteiger partial charge in [-0.05, 0) is 90.9 Å². The van der Waals surface area contributed by atoms with Crippen molar-refractivity contribution < 1.29 is 19.4 Å². The van der Waals surface area contributed by atoms with Gasteiger partial charge in [0, 0.05) is 13.5 Å². The van der Waals surface area contributed by atoms with E-state index in [4.69, 9.17) is 9.47 Å². The van der Waals surface area contributed by atoms with Crippen LogP contribution in [0.4, 0.5) is 0 Å². The topological polar surface area (TPSA) is 55.8 Å². The number of carboxylic acids is 1. The van der Waals surface area contributed by atoms with Gasteiger partial charge in [0.1, 0.15) is 5.75 Å². The number of hydrogen-bond acceptors (Lipinski definition) is 3. The van der Waals surface area contributed by atoms with E-state index in [1.807, 2.05) is 7.11 Å². The van der Waals surface area contributed by atoms with E-state index in [9.17, 15) is 9.90 Å². The Bertz CT molecular complexity index is 714. The van der Waals surface area contributed by atoms with E-state index in [2.05, 4.69) is 25.1 Å². The first-order valence-corrected chi connectivity index (χ1v) is 10.4. The molecule has 1 N–H and O–H groups in total. The number of aliphatic carboxylic acids is 1. The fourth-order valence-corrected chi connectivity index (χ4v) is 6.89. The van der Waals surface area contributed by atoms with Crippen molar-refractivity contribution >= 4 is 5.97 Å². The van der Waals surface area contributed by atoms with Crippen molar-refractivity contribution in [3.63, 3.8) is 0 Å². The van der Waals surface area contributed by atoms with Crippen molar-refractivity contribution in [3.8, 4) is 5.75 Å². The minimum absolute atomic E-state index is 0.184. The molecule has 0 aliphatic heterocycles. The number of methoxy groups -OCH3 is 2. The summed E-state index contributed by atoms with van der Waals surface area (Å²) in [6, 6.07) is 6.60. The standard InChI is InChI=1S/C23H32O4/c1-23-11-10-18-17-8-6-16(26-2)12-14(17)4-7-19(18)22(23)15(5-9-21(24)25)13-20(23)27-3/h6,8,12,15,18-20,22H,4-5,7,9-11,13H2,1-3H3,(H,24,25)/t15-,18?,19?,20+,22?,23-/m1/s1. The molecule has 4 rings (SSSR count). The van der Waals surface area contributed by atoms with E-state index in [1.165, 1.54) is 30.4 Å². The van der Waals surface area contributed by atoms with Crippen LogP contribution in [0.5, 0.6) is 5.75 Å². The van der Waals surface area contributed by atoms with Gasteiger partial charge in [-0.2, -0.15) is 0 Å². The monoisotopic (exact) mass is 372 g/mol. The lowest BCUT2D eigenvalue weighted by atomic mass is 9.53. The molecule has 0 radical (unpaired) electrons. The molecule has 0 amide bonds. The van der Waals surface area contributed by atoms with Crippen molar-refractivity contribution in [2.45, 2.75) is 63.9 Å². The molecular formula is C23H32O4. The normalized spacial score (nSPS) is 37.2. The lowest BCUT2D eigenvalue weighted by Gasteiger charge is -2.52. The Morgan fingerprint density at radius 3 is 2.81 bits per heavy atom. The van der Waals surface area contributed by atoms with Gasteiger partial charge < -0.3 is 14.6 Å². The van der Waals surface area contributed by atoms with Crippen LogP contribution in [0.3, 0.4) is 0 Å². The highest BCUT2D eigenvalue weighted by atomic mass is 16.5. The van der Waals surface area contributed by atoms with Crippen molar-refractivity contribution in [1.82, 2.24) is 0 Å². The first kappa shape index (κ1) is 18.8. The average Bonchev–Trinajstić information content (AvgIpc) is 2.97. The molecule has 27 heavy (non-hydrogen) atoms. The molecule has 3 aliphatic rings. The second-order valence-electron chi connectivity index (χ2n) is 9.10. The van der Waals surface area contributed by atoms with Gasteiger partial charge in [-0.1, -0.05) is 13.0 Å². The Hall–Kier alpha value is -1.55. The molecular weight excluding hydrogens is 340 g/mol. The molecule has 2 saturated carbocycles. The van der Waals surface area contributed by atoms with Crippen LogP contribution in [0.15, 0.2) is 18.2 Å². The SMILES string of the molecule is COc1ccc2c(c1)CCC1C2CC[C@@]2(C)C1[C@H](CCC(=O)O)C[C@@H]2OC. The molecule has 0 spiro atoms. The molecule has 6 atom stereocenters. The molecule has 4 nitrogen and oxygen atoms in total. The fraction of sp³-hybridized carbons (Fsp3) is 0.696. The van der Waals surface area contributed by atoms with Crippen LogP contribution >= 0.6 is 0 Å². The number of ether oxygens (including phenoxy) is 2. The van der Waals surface area contributed by atoms with Crippen molar-refractivity contribution in [2.24, 2.45) is 23.2 Å². The van der Waals surface area contributed by atoms with Gasteiger partial charge in [0.2, 0.25) is 0 Å². The summed E-state index contributed by atoms with van der Waals surface area (Å²) in [6.45, 7) is 2.41. The zero-order valence-electron chi connectivity index (χ0n) is 16.7. The molecule has 0 aromatic heterocycles. The minimum atomic E-state index is -0.675. The summed E-state index contributed by atoms with van der Waals surface area (Å²) in [5.74, 6) is 2.54. The Kier molecular flexibility index (Phi) is 4.96. The van der Waals surface area contributed by atoms with Crippen molar-refractivity contribution in [1.29, 1.82) is 0 Å². The van der Waals surface area contributed by atoms with Crippen LogP contribution in [0, 0.1) is 23.2 Å². The third-order valence-electron chi connectivity index (χ3n) is 8.00. The molecule has 148 valence electrons. The summed E-state index contributed by atoms with van der Waals surface area (Å²) >= 11 is 0. The van der Waals surface area contributed by atoms with Crippen LogP contribution in [0.25, 0.3) is 0 Å². The highest BCUT2D eigenvalue weighted by molar-refractivity contribution is 5.66. The summed E-state index contributed by atoms with van der Waals surface area (Å²) in [6.07, 6.45) is 7.03. The van der Waals surface area contributed by atoms with E-state index in [-0.39, 0.29) is 17.9 Å². The predicted molar refractivity (Wildman–Crippen MR) is 104 cm³/mol. The summed E-state index contributed by atoms with van der Waals surface area (Å²) in [4.78, 5) is 11.2. The first-order chi connectivity index (χ1) is 13.0. The highest BCUT2D eigenvalue weighted by Crippen LogP contribution is 2.64. The molecule has 0 heterocycles. The van der Waals surface area contributed by atoms with Crippen LogP contribution in [0.1, 0.15) is 62.5 Å². The van der Waals surface area contributed by atoms with E-state index in [1.54, 1.807) is 7.11 Å². The van der Waals surface area contributed by atoms with Crippen LogP contribution in [-0.2, 0) is 16.0 Å². The summed E-state index contributed by atoms with van der Waals surface area (Å²) in [5.41, 5.74) is 3.14. The zero-order valence-corrected chi connectivity index (χ0v) is 16.7. The number of benzene rings is 1. The quantitative estimate of drug-likeness (QED) is 0.817. The van der Waals surface area contributed by atoms with E-state index in [0.717, 1.165) is 25.0 Å². The second kappa shape index (κ2) is 7.12. The smallest absolute Gasteiger partial charge is 0.303 e. The van der Waals surface area contributed by atoms with E-state index < -0.39 is 5.97 Å². The molecule has 0 bridgehead atoms. The molecule has 2 fully saturated rings. The first-order valence-electron chi connectivity index (χ1n) is 10.4. The molecule has 1 aromatic rings. The summed E-state index contributed by atoms with van der Waals surface area (Å²) in [7, 11) is 3.57. The Labute approximate surface area is 162 Å². The molecule has 1 aromatic carbocycles. The molecule has 3 unspecified atom stereocenters. The van der Waals surface area contributed by atoms with E-state index in [0.29, 0.717) is 23.7 Å². The van der Waals surface area contributed by atoms with Crippen LogP contribution < -0.4 is 4.74 Å². The fourth-order valence-electron chi connectivity index (χ4n) is 6.89. The number of carbonyl (C=O) groups is 1. The van der Waals surface area contributed by atoms with Gasteiger partial charge in [-0.15, -0.1) is 0 Å². The van der Waals surface area contributed by atoms with Gasteiger partial charge in [0.15, 0.2) is 0 Å². The Balaban J connectivity index is 1.65. The number of hydrogen-bond donors (Lipinski definition) is 1. The lowest BCUT2D eigenvalue weighted by molar-refractivity contribution is -0.137. The van der Waals surface area contributed by atoms with Crippen LogP contribution in [0.2, 0.25) is 0 Å². The Morgan fingerprint density at radius 2 is 2.11 bits per heavy atom. The Morgan fingerprint density at radius 1 is 1.30 bits per heavy atom. The average molecular weight is 373 g/mol. The van der Waals surface area contributed by atoms with Gasteiger partial charge in [-0.3, -0.25) is 4.79 Å². The lowest BCUT2D eigenvalue weighted by Crippen LogP contribution is -2.45. The van der Waals surface area contributed by atoms with Gasteiger partial charge in [-0.25, -0.2) is 0 Å². The molecule has 0 saturated heterocycles. The second-order valence-corrected chi connectivity index (χ2v) is 9.10. The van der Waals surface area contributed by atoms with Crippen molar-refractivity contribution in [3.05, 3.63) is 29.3 Å². The van der Waals surface area contributed by atoms with Gasteiger partial charge in [0.05, 0.1) is 13.2 Å². The largest absolute Gasteiger partial charge is 0.497 e. The summed E-state index contributed by atoms with van der Waals surface area (Å²) < 4.78 is 11.4. The van der Waals surface area contributed by atoms with Gasteiger partial charge in [0.25, 0.3) is 0 Å².